The maximum absolute atomic E-state index is 12.4. The van der Waals surface area contributed by atoms with E-state index in [-0.39, 0.29) is 22.3 Å². The van der Waals surface area contributed by atoms with Gasteiger partial charge in [-0.2, -0.15) is 0 Å². The van der Waals surface area contributed by atoms with Crippen LogP contribution >= 0.6 is 11.6 Å². The number of pyridine rings is 1. The molecule has 0 aliphatic carbocycles. The molecular weight excluding hydrogens is 396 g/mol. The Morgan fingerprint density at radius 3 is 2.93 bits per heavy atom. The lowest BCUT2D eigenvalue weighted by atomic mass is 9.99. The van der Waals surface area contributed by atoms with E-state index in [1.54, 1.807) is 0 Å². The number of carbonyl (C=O) groups excluding carboxylic acids is 1. The summed E-state index contributed by atoms with van der Waals surface area (Å²) in [5.41, 5.74) is 0. The smallest absolute Gasteiger partial charge is 0.250 e. The maximum Gasteiger partial charge on any atom is 0.250 e. The fraction of sp³-hybridized carbons (Fsp3) is 0.625. The Morgan fingerprint density at radius 2 is 2.30 bits per heavy atom. The first-order valence-corrected chi connectivity index (χ1v) is 10.6. The van der Waals surface area contributed by atoms with Crippen LogP contribution in [-0.4, -0.2) is 63.9 Å². The van der Waals surface area contributed by atoms with Crippen LogP contribution in [0.2, 0.25) is 5.02 Å². The molecule has 0 bridgehead atoms. The number of hydrogen-bond acceptors (Lipinski definition) is 7. The van der Waals surface area contributed by atoms with Gasteiger partial charge in [-0.15, -0.1) is 0 Å². The van der Waals surface area contributed by atoms with Crippen molar-refractivity contribution < 1.29 is 23.1 Å². The van der Waals surface area contributed by atoms with Gasteiger partial charge >= 0.3 is 0 Å². The Bertz CT molecular complexity index is 740. The number of aromatic nitrogens is 1. The quantitative estimate of drug-likeness (QED) is 0.453. The molecule has 0 saturated carbocycles. The Morgan fingerprint density at radius 1 is 1.52 bits per heavy atom. The van der Waals surface area contributed by atoms with Crippen LogP contribution in [-0.2, 0) is 19.6 Å². The van der Waals surface area contributed by atoms with Gasteiger partial charge in [0.1, 0.15) is 16.8 Å². The number of nitrogens with zero attached hydrogens (tertiary/aromatic N) is 1. The van der Waals surface area contributed by atoms with Crippen molar-refractivity contribution in [1.82, 2.24) is 15.0 Å². The average molecular weight is 421 g/mol. The second-order valence-corrected chi connectivity index (χ2v) is 8.46. The van der Waals surface area contributed by atoms with Gasteiger partial charge < -0.3 is 20.5 Å². The third kappa shape index (κ3) is 6.58. The fourth-order valence-electron chi connectivity index (χ4n) is 2.67. The highest BCUT2D eigenvalue weighted by molar-refractivity contribution is 7.89. The molecule has 1 fully saturated rings. The molecule has 1 aliphatic rings. The number of likely N-dealkylation sites (N-methyl/N-ethyl adjacent to an activating group) is 1. The summed E-state index contributed by atoms with van der Waals surface area (Å²) in [5.74, 6) is -0.00945. The first kappa shape index (κ1) is 21.8. The molecule has 11 heteroatoms. The van der Waals surface area contributed by atoms with E-state index in [9.17, 15) is 18.3 Å². The molecule has 9 nitrogen and oxygen atoms in total. The van der Waals surface area contributed by atoms with Gasteiger partial charge in [0.2, 0.25) is 15.9 Å². The summed E-state index contributed by atoms with van der Waals surface area (Å²) in [5, 5.41) is 14.7. The Hall–Kier alpha value is -1.46. The number of nitrogens with one attached hydrogen (secondary N) is 3. The van der Waals surface area contributed by atoms with Crippen LogP contribution in [0.3, 0.4) is 0 Å². The van der Waals surface area contributed by atoms with Gasteiger partial charge in [-0.05, 0) is 31.2 Å². The molecule has 0 radical (unpaired) electrons. The Labute approximate surface area is 163 Å². The summed E-state index contributed by atoms with van der Waals surface area (Å²) in [4.78, 5) is 15.2. The van der Waals surface area contributed by atoms with E-state index < -0.39 is 22.0 Å². The normalized spacial score (nSPS) is 18.7. The average Bonchev–Trinajstić information content (AvgIpc) is 2.66. The number of aliphatic hydroxyl groups is 1. The van der Waals surface area contributed by atoms with Gasteiger partial charge in [0.25, 0.3) is 0 Å². The minimum Gasteiger partial charge on any atom is -0.381 e. The van der Waals surface area contributed by atoms with Crippen molar-refractivity contribution in [2.45, 2.75) is 30.3 Å². The van der Waals surface area contributed by atoms with Crippen LogP contribution in [0.5, 0.6) is 0 Å². The molecule has 0 aromatic carbocycles. The van der Waals surface area contributed by atoms with Gasteiger partial charge in [-0.3, -0.25) is 4.79 Å². The number of sulfonamides is 1. The zero-order chi connectivity index (χ0) is 19.9. The molecule has 4 N–H and O–H groups in total. The number of carbonyl (C=O) groups is 1. The number of aliphatic hydroxyl groups excluding tert-OH is 1. The van der Waals surface area contributed by atoms with E-state index in [1.165, 1.54) is 19.3 Å². The van der Waals surface area contributed by atoms with Gasteiger partial charge in [-0.25, -0.2) is 18.1 Å². The first-order valence-electron chi connectivity index (χ1n) is 8.70. The monoisotopic (exact) mass is 420 g/mol. The second kappa shape index (κ2) is 10.2. The van der Waals surface area contributed by atoms with Crippen molar-refractivity contribution >= 4 is 33.3 Å². The van der Waals surface area contributed by atoms with Crippen molar-refractivity contribution in [2.75, 3.05) is 38.7 Å². The number of ether oxygens (including phenoxy) is 1. The van der Waals surface area contributed by atoms with Crippen LogP contribution in [0.4, 0.5) is 5.82 Å². The molecule has 1 aromatic rings. The molecule has 2 rings (SSSR count). The van der Waals surface area contributed by atoms with Crippen molar-refractivity contribution in [3.63, 3.8) is 0 Å². The summed E-state index contributed by atoms with van der Waals surface area (Å²) in [6, 6.07) is 1.27. The molecule has 2 unspecified atom stereocenters. The van der Waals surface area contributed by atoms with Crippen LogP contribution < -0.4 is 15.4 Å². The number of halogens is 1. The largest absolute Gasteiger partial charge is 0.381 e. The summed E-state index contributed by atoms with van der Waals surface area (Å²) in [6.07, 6.45) is 2.64. The summed E-state index contributed by atoms with van der Waals surface area (Å²) >= 11 is 6.07. The molecular formula is C16H25ClN4O5S. The number of anilines is 1. The van der Waals surface area contributed by atoms with Crippen molar-refractivity contribution in [3.05, 3.63) is 17.3 Å². The SMILES string of the molecule is CNC(=O)C(O)CNc1ncc(S(=O)(=O)NCCC2CCCOC2)cc1Cl. The standard InChI is InChI=1S/C16H25ClN4O5S/c1-18-16(23)14(22)9-20-15-13(17)7-12(8-19-15)27(24,25)21-5-4-11-3-2-6-26-10-11/h7-8,11,14,21-22H,2-6,9-10H2,1H3,(H,18,23)(H,19,20). The zero-order valence-corrected chi connectivity index (χ0v) is 16.6. The lowest BCUT2D eigenvalue weighted by Crippen LogP contribution is -2.36. The van der Waals surface area contributed by atoms with Gasteiger partial charge in [0.15, 0.2) is 0 Å². The summed E-state index contributed by atoms with van der Waals surface area (Å²) in [6.45, 7) is 1.64. The molecule has 0 spiro atoms. The molecule has 1 saturated heterocycles. The predicted octanol–water partition coefficient (Wildman–Crippen LogP) is 0.349. The van der Waals surface area contributed by atoms with E-state index in [0.29, 0.717) is 25.5 Å². The topological polar surface area (TPSA) is 130 Å². The van der Waals surface area contributed by atoms with Gasteiger partial charge in [0.05, 0.1) is 11.6 Å². The highest BCUT2D eigenvalue weighted by Crippen LogP contribution is 2.23. The van der Waals surface area contributed by atoms with Crippen LogP contribution in [0.25, 0.3) is 0 Å². The van der Waals surface area contributed by atoms with E-state index in [4.69, 9.17) is 16.3 Å². The minimum atomic E-state index is -3.73. The summed E-state index contributed by atoms with van der Waals surface area (Å²) in [7, 11) is -2.32. The Kier molecular flexibility index (Phi) is 8.24. The molecule has 1 aromatic heterocycles. The molecule has 27 heavy (non-hydrogen) atoms. The summed E-state index contributed by atoms with van der Waals surface area (Å²) < 4.78 is 32.7. The van der Waals surface area contributed by atoms with Crippen LogP contribution in [0.15, 0.2) is 17.2 Å². The molecule has 152 valence electrons. The zero-order valence-electron chi connectivity index (χ0n) is 15.1. The molecule has 1 aliphatic heterocycles. The lowest BCUT2D eigenvalue weighted by molar-refractivity contribution is -0.128. The van der Waals surface area contributed by atoms with Crippen molar-refractivity contribution in [3.8, 4) is 0 Å². The third-order valence-electron chi connectivity index (χ3n) is 4.24. The van der Waals surface area contributed by atoms with Crippen LogP contribution in [0, 0.1) is 5.92 Å². The third-order valence-corrected chi connectivity index (χ3v) is 5.95. The van der Waals surface area contributed by atoms with Gasteiger partial charge in [-0.1, -0.05) is 11.6 Å². The molecule has 2 heterocycles. The minimum absolute atomic E-state index is 0.0511. The number of amides is 1. The maximum atomic E-state index is 12.4. The highest BCUT2D eigenvalue weighted by Gasteiger charge is 2.19. The fourth-order valence-corrected chi connectivity index (χ4v) is 3.98. The predicted molar refractivity (Wildman–Crippen MR) is 101 cm³/mol. The van der Waals surface area contributed by atoms with E-state index in [1.807, 2.05) is 0 Å². The lowest BCUT2D eigenvalue weighted by Gasteiger charge is -2.21. The Balaban J connectivity index is 1.91. The molecule has 1 amide bonds. The van der Waals surface area contributed by atoms with Gasteiger partial charge in [0, 0.05) is 33.0 Å². The highest BCUT2D eigenvalue weighted by atomic mass is 35.5. The van der Waals surface area contributed by atoms with Crippen molar-refractivity contribution in [1.29, 1.82) is 0 Å². The number of rotatable bonds is 9. The van der Waals surface area contributed by atoms with E-state index in [2.05, 4.69) is 20.3 Å². The van der Waals surface area contributed by atoms with Crippen molar-refractivity contribution in [2.24, 2.45) is 5.92 Å². The number of hydrogen-bond donors (Lipinski definition) is 4. The van der Waals surface area contributed by atoms with Crippen LogP contribution in [0.1, 0.15) is 19.3 Å². The van der Waals surface area contributed by atoms with E-state index >= 15 is 0 Å². The first-order chi connectivity index (χ1) is 12.8. The van der Waals surface area contributed by atoms with E-state index in [0.717, 1.165) is 19.4 Å². The second-order valence-electron chi connectivity index (χ2n) is 6.28. The molecule has 2 atom stereocenters.